The van der Waals surface area contributed by atoms with Crippen molar-refractivity contribution in [3.63, 3.8) is 0 Å². The van der Waals surface area contributed by atoms with Crippen LogP contribution in [0.5, 0.6) is 0 Å². The monoisotopic (exact) mass is 274 g/mol. The van der Waals surface area contributed by atoms with Crippen molar-refractivity contribution >= 4 is 17.5 Å². The second-order valence-corrected chi connectivity index (χ2v) is 8.14. The highest BCUT2D eigenvalue weighted by Gasteiger charge is 2.49. The van der Waals surface area contributed by atoms with Crippen LogP contribution in [0, 0.1) is 10.8 Å². The summed E-state index contributed by atoms with van der Waals surface area (Å²) >= 11 is 1.78. The fraction of sp³-hybridized carbons (Fsp3) is 0.588. The molecule has 19 heavy (non-hydrogen) atoms. The van der Waals surface area contributed by atoms with Gasteiger partial charge in [0.15, 0.2) is 5.78 Å². The molecule has 3 saturated carbocycles. The number of hydrogen-bond acceptors (Lipinski definition) is 2. The molecule has 1 aromatic carbocycles. The van der Waals surface area contributed by atoms with E-state index >= 15 is 0 Å². The molecule has 0 radical (unpaired) electrons. The fourth-order valence-corrected chi connectivity index (χ4v) is 5.06. The van der Waals surface area contributed by atoms with Gasteiger partial charge in [-0.1, -0.05) is 32.0 Å². The van der Waals surface area contributed by atoms with E-state index in [-0.39, 0.29) is 10.7 Å². The predicted octanol–water partition coefficient (Wildman–Crippen LogP) is 4.71. The summed E-state index contributed by atoms with van der Waals surface area (Å²) in [6, 6.07) is 10.4. The fourth-order valence-electron chi connectivity index (χ4n) is 3.54. The van der Waals surface area contributed by atoms with Crippen LogP contribution in [0.3, 0.4) is 0 Å². The van der Waals surface area contributed by atoms with Gasteiger partial charge in [-0.25, -0.2) is 0 Å². The van der Waals surface area contributed by atoms with Crippen LogP contribution in [-0.2, 0) is 4.79 Å². The van der Waals surface area contributed by atoms with Gasteiger partial charge < -0.3 is 0 Å². The minimum absolute atomic E-state index is 0.0531. The number of thioether (sulfide) groups is 1. The maximum absolute atomic E-state index is 12.9. The lowest BCUT2D eigenvalue weighted by Gasteiger charge is -2.37. The van der Waals surface area contributed by atoms with Gasteiger partial charge in [-0.2, -0.15) is 0 Å². The Morgan fingerprint density at radius 2 is 1.68 bits per heavy atom. The first kappa shape index (κ1) is 13.2. The van der Waals surface area contributed by atoms with Gasteiger partial charge >= 0.3 is 0 Å². The quantitative estimate of drug-likeness (QED) is 0.777. The number of Topliss-reactive ketones (excluding diaryl/α,β-unsaturated/α-hetero) is 1. The summed E-state index contributed by atoms with van der Waals surface area (Å²) in [6.07, 6.45) is 5.69. The Morgan fingerprint density at radius 3 is 2.32 bits per heavy atom. The molecular formula is C17H22OS. The van der Waals surface area contributed by atoms with Crippen molar-refractivity contribution in [1.29, 1.82) is 0 Å². The van der Waals surface area contributed by atoms with Crippen LogP contribution in [0.2, 0.25) is 0 Å². The minimum atomic E-state index is -0.0531. The first-order chi connectivity index (χ1) is 9.01. The molecule has 3 aliphatic carbocycles. The Bertz CT molecular complexity index is 471. The lowest BCUT2D eigenvalue weighted by Crippen LogP contribution is -2.33. The Labute approximate surface area is 120 Å². The van der Waals surface area contributed by atoms with Crippen LogP contribution < -0.4 is 0 Å². The predicted molar refractivity (Wildman–Crippen MR) is 80.4 cm³/mol. The van der Waals surface area contributed by atoms with Crippen molar-refractivity contribution in [2.24, 2.45) is 10.8 Å². The Kier molecular flexibility index (Phi) is 3.24. The summed E-state index contributed by atoms with van der Waals surface area (Å²) in [7, 11) is 0. The topological polar surface area (TPSA) is 17.1 Å². The molecule has 4 rings (SSSR count). The molecule has 0 aromatic heterocycles. The molecule has 0 aliphatic heterocycles. The van der Waals surface area contributed by atoms with Gasteiger partial charge in [-0.3, -0.25) is 4.79 Å². The third kappa shape index (κ3) is 2.47. The van der Waals surface area contributed by atoms with E-state index in [1.165, 1.54) is 17.7 Å². The van der Waals surface area contributed by atoms with Crippen LogP contribution in [-0.4, -0.2) is 11.0 Å². The largest absolute Gasteiger partial charge is 0.298 e. The Morgan fingerprint density at radius 1 is 1.05 bits per heavy atom. The minimum Gasteiger partial charge on any atom is -0.298 e. The van der Waals surface area contributed by atoms with Gasteiger partial charge in [-0.05, 0) is 49.7 Å². The van der Waals surface area contributed by atoms with Crippen LogP contribution in [0.1, 0.15) is 46.0 Å². The second kappa shape index (κ2) is 4.66. The zero-order valence-electron chi connectivity index (χ0n) is 11.8. The van der Waals surface area contributed by atoms with E-state index in [2.05, 4.69) is 38.1 Å². The van der Waals surface area contributed by atoms with Gasteiger partial charge in [0.2, 0.25) is 0 Å². The summed E-state index contributed by atoms with van der Waals surface area (Å²) in [4.78, 5) is 14.1. The summed E-state index contributed by atoms with van der Waals surface area (Å²) < 4.78 is 0. The van der Waals surface area contributed by atoms with Crippen molar-refractivity contribution in [2.45, 2.75) is 56.1 Å². The molecule has 0 spiro atoms. The highest BCUT2D eigenvalue weighted by Crippen LogP contribution is 2.54. The molecule has 1 atom stereocenters. The van der Waals surface area contributed by atoms with Crippen molar-refractivity contribution < 1.29 is 4.79 Å². The summed E-state index contributed by atoms with van der Waals surface area (Å²) in [6.45, 7) is 4.57. The normalized spacial score (nSPS) is 38.2. The van der Waals surface area contributed by atoms with E-state index in [9.17, 15) is 4.79 Å². The van der Waals surface area contributed by atoms with Crippen LogP contribution in [0.15, 0.2) is 35.2 Å². The molecule has 2 bridgehead atoms. The molecule has 0 heterocycles. The van der Waals surface area contributed by atoms with Crippen LogP contribution in [0.25, 0.3) is 0 Å². The van der Waals surface area contributed by atoms with E-state index in [4.69, 9.17) is 0 Å². The van der Waals surface area contributed by atoms with Crippen LogP contribution in [0.4, 0.5) is 0 Å². The van der Waals surface area contributed by atoms with Crippen molar-refractivity contribution in [3.05, 3.63) is 30.3 Å². The van der Waals surface area contributed by atoms with E-state index in [0.29, 0.717) is 11.2 Å². The van der Waals surface area contributed by atoms with Gasteiger partial charge in [0.05, 0.1) is 5.25 Å². The second-order valence-electron chi connectivity index (χ2n) is 6.86. The lowest BCUT2D eigenvalue weighted by atomic mass is 9.67. The van der Waals surface area contributed by atoms with E-state index < -0.39 is 0 Å². The maximum atomic E-state index is 12.9. The standard InChI is InChI=1S/C17H22OS/c1-16-8-10-17(2,11-9-16)15(18)14(12-16)19-13-6-4-3-5-7-13/h3-7,14H,8-12H2,1-2H3. The smallest absolute Gasteiger partial charge is 0.152 e. The number of carbonyl (C=O) groups excluding carboxylic acids is 1. The summed E-state index contributed by atoms with van der Waals surface area (Å²) in [5.74, 6) is 0.502. The van der Waals surface area contributed by atoms with Gasteiger partial charge in [0, 0.05) is 10.3 Å². The molecule has 1 nitrogen and oxygen atoms in total. The van der Waals surface area contributed by atoms with Crippen molar-refractivity contribution in [2.75, 3.05) is 0 Å². The molecule has 3 fully saturated rings. The Balaban J connectivity index is 1.86. The number of hydrogen-bond donors (Lipinski definition) is 0. The molecular weight excluding hydrogens is 252 g/mol. The molecule has 2 heteroatoms. The molecule has 0 amide bonds. The molecule has 102 valence electrons. The average molecular weight is 274 g/mol. The SMILES string of the molecule is CC12CCC(C)(CC1)C(=O)C(Sc1ccccc1)C2. The third-order valence-corrected chi connectivity index (χ3v) is 6.36. The molecule has 0 saturated heterocycles. The number of benzene rings is 1. The molecule has 0 N–H and O–H groups in total. The molecule has 1 unspecified atom stereocenters. The number of fused-ring (bicyclic) bond motifs is 4. The molecule has 1 aromatic rings. The Hall–Kier alpha value is -0.760. The van der Waals surface area contributed by atoms with E-state index in [1.807, 2.05) is 6.07 Å². The number of rotatable bonds is 2. The van der Waals surface area contributed by atoms with Crippen LogP contribution >= 0.6 is 11.8 Å². The lowest BCUT2D eigenvalue weighted by molar-refractivity contribution is -0.127. The first-order valence-electron chi connectivity index (χ1n) is 7.27. The molecule has 3 aliphatic rings. The van der Waals surface area contributed by atoms with Gasteiger partial charge in [-0.15, -0.1) is 11.8 Å². The highest BCUT2D eigenvalue weighted by molar-refractivity contribution is 8.00. The van der Waals surface area contributed by atoms with Gasteiger partial charge in [0.25, 0.3) is 0 Å². The first-order valence-corrected chi connectivity index (χ1v) is 8.15. The van der Waals surface area contributed by atoms with E-state index in [0.717, 1.165) is 19.3 Å². The third-order valence-electron chi connectivity index (χ3n) is 5.15. The zero-order valence-corrected chi connectivity index (χ0v) is 12.6. The number of ketones is 1. The maximum Gasteiger partial charge on any atom is 0.152 e. The van der Waals surface area contributed by atoms with Gasteiger partial charge in [0.1, 0.15) is 0 Å². The zero-order chi connectivity index (χ0) is 13.5. The highest BCUT2D eigenvalue weighted by atomic mass is 32.2. The van der Waals surface area contributed by atoms with E-state index in [1.54, 1.807) is 11.8 Å². The van der Waals surface area contributed by atoms with Crippen molar-refractivity contribution in [3.8, 4) is 0 Å². The van der Waals surface area contributed by atoms with Crippen molar-refractivity contribution in [1.82, 2.24) is 0 Å². The summed E-state index contributed by atoms with van der Waals surface area (Å²) in [5.41, 5.74) is 0.334. The summed E-state index contributed by atoms with van der Waals surface area (Å²) in [5, 5.41) is 0.155. The number of carbonyl (C=O) groups is 1. The average Bonchev–Trinajstić information content (AvgIpc) is 2.56.